The van der Waals surface area contributed by atoms with Crippen molar-refractivity contribution in [2.75, 3.05) is 50.0 Å². The fourth-order valence-electron chi connectivity index (χ4n) is 3.19. The number of rotatable bonds is 4. The summed E-state index contributed by atoms with van der Waals surface area (Å²) in [5.74, 6) is 0.939. The molecule has 20 heavy (non-hydrogen) atoms. The molecule has 2 heterocycles. The van der Waals surface area contributed by atoms with E-state index in [4.69, 9.17) is 10.5 Å². The molecule has 0 spiro atoms. The maximum Gasteiger partial charge on any atom is 0.144 e. The first-order valence-corrected chi connectivity index (χ1v) is 7.82. The zero-order chi connectivity index (χ0) is 13.8. The molecule has 0 unspecified atom stereocenters. The van der Waals surface area contributed by atoms with Crippen LogP contribution in [0.3, 0.4) is 0 Å². The molecule has 2 N–H and O–H groups in total. The van der Waals surface area contributed by atoms with Gasteiger partial charge in [-0.25, -0.2) is 0 Å². The monoisotopic (exact) mass is 275 g/mol. The first-order chi connectivity index (χ1) is 9.83. The van der Waals surface area contributed by atoms with E-state index in [9.17, 15) is 0 Å². The minimum absolute atomic E-state index is 0.764. The summed E-state index contributed by atoms with van der Waals surface area (Å²) in [5, 5.41) is 0. The van der Waals surface area contributed by atoms with Crippen molar-refractivity contribution in [3.63, 3.8) is 0 Å². The highest BCUT2D eigenvalue weighted by atomic mass is 16.5. The molecule has 1 saturated heterocycles. The van der Waals surface area contributed by atoms with Crippen molar-refractivity contribution in [2.45, 2.75) is 25.7 Å². The van der Waals surface area contributed by atoms with E-state index >= 15 is 0 Å². The predicted octanol–water partition coefficient (Wildman–Crippen LogP) is 2.34. The molecule has 0 aromatic heterocycles. The average molecular weight is 275 g/mol. The Kier molecular flexibility index (Phi) is 4.31. The Morgan fingerprint density at radius 3 is 2.75 bits per heavy atom. The van der Waals surface area contributed by atoms with Gasteiger partial charge in [0.05, 0.1) is 12.2 Å². The van der Waals surface area contributed by atoms with Crippen LogP contribution in [0.2, 0.25) is 0 Å². The van der Waals surface area contributed by atoms with Crippen molar-refractivity contribution in [2.24, 2.45) is 0 Å². The Labute approximate surface area is 121 Å². The van der Waals surface area contributed by atoms with Crippen LogP contribution in [-0.4, -0.2) is 44.2 Å². The van der Waals surface area contributed by atoms with E-state index in [-0.39, 0.29) is 0 Å². The summed E-state index contributed by atoms with van der Waals surface area (Å²) < 4.78 is 5.70. The number of ether oxygens (including phenoxy) is 1. The maximum absolute atomic E-state index is 5.82. The highest BCUT2D eigenvalue weighted by molar-refractivity contribution is 5.65. The van der Waals surface area contributed by atoms with E-state index in [0.717, 1.165) is 31.1 Å². The fraction of sp³-hybridized carbons (Fsp3) is 0.625. The van der Waals surface area contributed by atoms with Crippen molar-refractivity contribution < 1.29 is 4.74 Å². The summed E-state index contributed by atoms with van der Waals surface area (Å²) in [6, 6.07) is 5.99. The van der Waals surface area contributed by atoms with Crippen molar-refractivity contribution in [1.29, 1.82) is 0 Å². The van der Waals surface area contributed by atoms with Crippen LogP contribution in [0.5, 0.6) is 5.75 Å². The number of likely N-dealkylation sites (tertiary alicyclic amines) is 1. The lowest BCUT2D eigenvalue weighted by Gasteiger charge is -2.32. The van der Waals surface area contributed by atoms with Crippen LogP contribution in [0.25, 0.3) is 0 Å². The Morgan fingerprint density at radius 2 is 1.90 bits per heavy atom. The van der Waals surface area contributed by atoms with Gasteiger partial charge < -0.3 is 20.3 Å². The minimum Gasteiger partial charge on any atom is -0.489 e. The van der Waals surface area contributed by atoms with Crippen LogP contribution in [0, 0.1) is 0 Å². The van der Waals surface area contributed by atoms with Gasteiger partial charge in [-0.15, -0.1) is 0 Å². The minimum atomic E-state index is 0.764. The van der Waals surface area contributed by atoms with Gasteiger partial charge in [0.1, 0.15) is 12.4 Å². The van der Waals surface area contributed by atoms with Crippen molar-refractivity contribution in [3.05, 3.63) is 18.2 Å². The number of nitrogen functional groups attached to an aromatic ring is 1. The summed E-state index contributed by atoms with van der Waals surface area (Å²) in [6.07, 6.45) is 5.39. The SMILES string of the molecule is Nc1ccc2c(c1)OCCN2CCCN1CCCCC1. The van der Waals surface area contributed by atoms with E-state index in [2.05, 4.69) is 15.9 Å². The molecule has 0 atom stereocenters. The van der Waals surface area contributed by atoms with Crippen LogP contribution in [0.1, 0.15) is 25.7 Å². The number of benzene rings is 1. The summed E-state index contributed by atoms with van der Waals surface area (Å²) in [6.45, 7) is 6.65. The normalized spacial score (nSPS) is 19.5. The number of hydrogen-bond acceptors (Lipinski definition) is 4. The molecule has 4 nitrogen and oxygen atoms in total. The van der Waals surface area contributed by atoms with Gasteiger partial charge in [-0.05, 0) is 51.0 Å². The molecule has 2 aliphatic rings. The maximum atomic E-state index is 5.82. The lowest BCUT2D eigenvalue weighted by Crippen LogP contribution is -2.36. The third-order valence-electron chi connectivity index (χ3n) is 4.29. The summed E-state index contributed by atoms with van der Waals surface area (Å²) in [5.41, 5.74) is 7.79. The summed E-state index contributed by atoms with van der Waals surface area (Å²) in [4.78, 5) is 5.04. The molecule has 1 aromatic rings. The first kappa shape index (κ1) is 13.6. The smallest absolute Gasteiger partial charge is 0.144 e. The van der Waals surface area contributed by atoms with Gasteiger partial charge in [-0.1, -0.05) is 6.42 Å². The van der Waals surface area contributed by atoms with Gasteiger partial charge in [-0.3, -0.25) is 0 Å². The molecule has 0 radical (unpaired) electrons. The summed E-state index contributed by atoms with van der Waals surface area (Å²) >= 11 is 0. The fourth-order valence-corrected chi connectivity index (χ4v) is 3.19. The number of fused-ring (bicyclic) bond motifs is 1. The average Bonchev–Trinajstić information content (AvgIpc) is 2.48. The molecule has 3 rings (SSSR count). The number of piperidine rings is 1. The van der Waals surface area contributed by atoms with E-state index in [1.165, 1.54) is 51.0 Å². The van der Waals surface area contributed by atoms with Crippen molar-refractivity contribution >= 4 is 11.4 Å². The Morgan fingerprint density at radius 1 is 1.05 bits per heavy atom. The molecule has 0 aliphatic carbocycles. The molecular formula is C16H25N3O. The van der Waals surface area contributed by atoms with Crippen molar-refractivity contribution in [1.82, 2.24) is 4.90 Å². The summed E-state index contributed by atoms with van der Waals surface area (Å²) in [7, 11) is 0. The molecule has 4 heteroatoms. The molecule has 0 amide bonds. The molecule has 0 saturated carbocycles. The number of anilines is 2. The van der Waals surface area contributed by atoms with Gasteiger partial charge in [-0.2, -0.15) is 0 Å². The largest absolute Gasteiger partial charge is 0.489 e. The van der Waals surface area contributed by atoms with Crippen LogP contribution in [0.4, 0.5) is 11.4 Å². The second-order valence-corrected chi connectivity index (χ2v) is 5.82. The number of nitrogens with two attached hydrogens (primary N) is 1. The molecule has 0 bridgehead atoms. The Balaban J connectivity index is 1.53. The highest BCUT2D eigenvalue weighted by Crippen LogP contribution is 2.33. The third-order valence-corrected chi connectivity index (χ3v) is 4.29. The number of hydrogen-bond donors (Lipinski definition) is 1. The second-order valence-electron chi connectivity index (χ2n) is 5.82. The highest BCUT2D eigenvalue weighted by Gasteiger charge is 2.18. The predicted molar refractivity (Wildman–Crippen MR) is 83.5 cm³/mol. The van der Waals surface area contributed by atoms with E-state index in [0.29, 0.717) is 0 Å². The zero-order valence-electron chi connectivity index (χ0n) is 12.2. The quantitative estimate of drug-likeness (QED) is 0.857. The van der Waals surface area contributed by atoms with Crippen LogP contribution in [0.15, 0.2) is 18.2 Å². The van der Waals surface area contributed by atoms with Gasteiger partial charge in [0.15, 0.2) is 0 Å². The van der Waals surface area contributed by atoms with Crippen LogP contribution < -0.4 is 15.4 Å². The zero-order valence-corrected chi connectivity index (χ0v) is 12.2. The Hall–Kier alpha value is -1.42. The molecule has 110 valence electrons. The lowest BCUT2D eigenvalue weighted by molar-refractivity contribution is 0.226. The lowest BCUT2D eigenvalue weighted by atomic mass is 10.1. The van der Waals surface area contributed by atoms with Crippen LogP contribution >= 0.6 is 0 Å². The third kappa shape index (κ3) is 3.18. The topological polar surface area (TPSA) is 41.7 Å². The van der Waals surface area contributed by atoms with E-state index in [1.807, 2.05) is 12.1 Å². The molecule has 1 aromatic carbocycles. The van der Waals surface area contributed by atoms with Gasteiger partial charge in [0.25, 0.3) is 0 Å². The standard InChI is InChI=1S/C16H25N3O/c17-14-5-6-15-16(13-14)20-12-11-19(15)10-4-9-18-7-2-1-3-8-18/h5-6,13H,1-4,7-12,17H2. The van der Waals surface area contributed by atoms with Crippen molar-refractivity contribution in [3.8, 4) is 5.75 Å². The van der Waals surface area contributed by atoms with E-state index in [1.54, 1.807) is 0 Å². The molecule has 2 aliphatic heterocycles. The van der Waals surface area contributed by atoms with Gasteiger partial charge >= 0.3 is 0 Å². The number of nitrogens with zero attached hydrogens (tertiary/aromatic N) is 2. The van der Waals surface area contributed by atoms with E-state index < -0.39 is 0 Å². The van der Waals surface area contributed by atoms with Gasteiger partial charge in [0, 0.05) is 18.3 Å². The molecule has 1 fully saturated rings. The van der Waals surface area contributed by atoms with Gasteiger partial charge in [0.2, 0.25) is 0 Å². The first-order valence-electron chi connectivity index (χ1n) is 7.82. The molecular weight excluding hydrogens is 250 g/mol. The van der Waals surface area contributed by atoms with Crippen LogP contribution in [-0.2, 0) is 0 Å². The Bertz CT molecular complexity index is 443. The second kappa shape index (κ2) is 6.35.